The van der Waals surface area contributed by atoms with Crippen LogP contribution in [0.25, 0.3) is 0 Å². The van der Waals surface area contributed by atoms with Crippen LogP contribution in [0, 0.1) is 25.7 Å². The first-order chi connectivity index (χ1) is 12.1. The van der Waals surface area contributed by atoms with Crippen LogP contribution in [0.15, 0.2) is 16.6 Å². The van der Waals surface area contributed by atoms with Gasteiger partial charge in [-0.1, -0.05) is 54.5 Å². The van der Waals surface area contributed by atoms with E-state index in [-0.39, 0.29) is 12.0 Å². The van der Waals surface area contributed by atoms with Crippen molar-refractivity contribution in [2.45, 2.75) is 84.1 Å². The Morgan fingerprint density at radius 2 is 1.48 bits per heavy atom. The van der Waals surface area contributed by atoms with Crippen LogP contribution in [0.5, 0.6) is 0 Å². The van der Waals surface area contributed by atoms with Gasteiger partial charge in [-0.2, -0.15) is 0 Å². The molecule has 3 rings (SSSR count). The van der Waals surface area contributed by atoms with Crippen LogP contribution in [-0.4, -0.2) is 11.8 Å². The van der Waals surface area contributed by atoms with Crippen LogP contribution < -0.4 is 5.32 Å². The molecular weight excluding hydrogens is 374 g/mol. The molecule has 2 aliphatic carbocycles. The Bertz CT molecular complexity index is 577. The van der Waals surface area contributed by atoms with E-state index in [0.717, 1.165) is 18.5 Å². The number of carbonyl (C=O) groups is 1. The van der Waals surface area contributed by atoms with Crippen LogP contribution in [0.4, 0.5) is 5.69 Å². The third kappa shape index (κ3) is 4.67. The fourth-order valence-corrected chi connectivity index (χ4v) is 4.97. The molecular formula is C22H32BrNO. The lowest BCUT2D eigenvalue weighted by molar-refractivity contribution is -0.125. The van der Waals surface area contributed by atoms with Gasteiger partial charge in [0.05, 0.1) is 6.04 Å². The predicted molar refractivity (Wildman–Crippen MR) is 109 cm³/mol. The topological polar surface area (TPSA) is 29.1 Å². The minimum atomic E-state index is 0.00313. The first-order valence-corrected chi connectivity index (χ1v) is 10.9. The number of hydrogen-bond acceptors (Lipinski definition) is 2. The highest BCUT2D eigenvalue weighted by Gasteiger charge is 2.34. The number of Topliss-reactive ketones (excluding diaryl/α,β-unsaturated/α-hetero) is 1. The molecule has 0 spiro atoms. The summed E-state index contributed by atoms with van der Waals surface area (Å²) >= 11 is 3.65. The summed E-state index contributed by atoms with van der Waals surface area (Å²) < 4.78 is 1.17. The number of anilines is 1. The second-order valence-electron chi connectivity index (χ2n) is 8.18. The number of benzene rings is 1. The Morgan fingerprint density at radius 3 is 2.04 bits per heavy atom. The lowest BCUT2D eigenvalue weighted by Crippen LogP contribution is -2.42. The standard InChI is InChI=1S/C22H32BrNO/c1-15-13-19(14-16(2)20(15)23)24-21(17-9-5-3-6-10-17)22(25)18-11-7-4-8-12-18/h13-14,17-18,21,24H,3-12H2,1-2H3/t21-/m1/s1. The molecule has 2 saturated carbocycles. The summed E-state index contributed by atoms with van der Waals surface area (Å²) in [6.07, 6.45) is 12.2. The molecule has 0 radical (unpaired) electrons. The molecule has 0 amide bonds. The molecule has 0 aromatic heterocycles. The van der Waals surface area contributed by atoms with E-state index in [4.69, 9.17) is 0 Å². The van der Waals surface area contributed by atoms with Gasteiger partial charge in [0, 0.05) is 16.1 Å². The summed E-state index contributed by atoms with van der Waals surface area (Å²) in [5, 5.41) is 3.68. The molecule has 0 aliphatic heterocycles. The van der Waals surface area contributed by atoms with Crippen LogP contribution in [0.2, 0.25) is 0 Å². The number of nitrogens with one attached hydrogen (secondary N) is 1. The summed E-state index contributed by atoms with van der Waals surface area (Å²) in [6, 6.07) is 4.37. The molecule has 0 unspecified atom stereocenters. The monoisotopic (exact) mass is 405 g/mol. The number of halogens is 1. The lowest BCUT2D eigenvalue weighted by atomic mass is 9.76. The van der Waals surface area contributed by atoms with Gasteiger partial charge in [-0.15, -0.1) is 0 Å². The van der Waals surface area contributed by atoms with Crippen LogP contribution >= 0.6 is 15.9 Å². The van der Waals surface area contributed by atoms with Crippen molar-refractivity contribution in [3.63, 3.8) is 0 Å². The summed E-state index contributed by atoms with van der Waals surface area (Å²) in [7, 11) is 0. The summed E-state index contributed by atoms with van der Waals surface area (Å²) in [6.45, 7) is 4.25. The largest absolute Gasteiger partial charge is 0.375 e. The minimum Gasteiger partial charge on any atom is -0.375 e. The number of aryl methyl sites for hydroxylation is 2. The maximum atomic E-state index is 13.4. The Kier molecular flexibility index (Phi) is 6.60. The molecule has 2 fully saturated rings. The molecule has 1 aromatic rings. The average molecular weight is 406 g/mol. The van der Waals surface area contributed by atoms with Crippen LogP contribution in [0.1, 0.15) is 75.3 Å². The third-order valence-electron chi connectivity index (χ3n) is 6.19. The summed E-state index contributed by atoms with van der Waals surface area (Å²) in [5.41, 5.74) is 3.57. The van der Waals surface area contributed by atoms with Crippen molar-refractivity contribution in [1.29, 1.82) is 0 Å². The van der Waals surface area contributed by atoms with Gasteiger partial charge >= 0.3 is 0 Å². The zero-order chi connectivity index (χ0) is 17.8. The number of rotatable bonds is 5. The second-order valence-corrected chi connectivity index (χ2v) is 8.97. The van der Waals surface area contributed by atoms with Crippen LogP contribution in [-0.2, 0) is 4.79 Å². The van der Waals surface area contributed by atoms with E-state index >= 15 is 0 Å². The Hall–Kier alpha value is -0.830. The van der Waals surface area contributed by atoms with E-state index < -0.39 is 0 Å². The van der Waals surface area contributed by atoms with Gasteiger partial charge < -0.3 is 5.32 Å². The quantitative estimate of drug-likeness (QED) is 0.599. The van der Waals surface area contributed by atoms with E-state index in [1.807, 2.05) is 0 Å². The first kappa shape index (κ1) is 18.9. The zero-order valence-corrected chi connectivity index (χ0v) is 17.3. The normalized spacial score (nSPS) is 21.1. The highest BCUT2D eigenvalue weighted by molar-refractivity contribution is 9.10. The highest BCUT2D eigenvalue weighted by atomic mass is 79.9. The summed E-state index contributed by atoms with van der Waals surface area (Å²) in [5.74, 6) is 1.28. The SMILES string of the molecule is Cc1cc(N[C@@H](C(=O)C2CCCCC2)C2CCCCC2)cc(C)c1Br. The minimum absolute atomic E-state index is 0.00313. The van der Waals surface area contributed by atoms with Gasteiger partial charge in [0.15, 0.2) is 5.78 Å². The van der Waals surface area contributed by atoms with Crippen molar-refractivity contribution in [3.8, 4) is 0 Å². The van der Waals surface area contributed by atoms with Crippen LogP contribution in [0.3, 0.4) is 0 Å². The molecule has 2 nitrogen and oxygen atoms in total. The third-order valence-corrected chi connectivity index (χ3v) is 7.44. The van der Waals surface area contributed by atoms with Crippen molar-refractivity contribution >= 4 is 27.4 Å². The molecule has 3 heteroatoms. The van der Waals surface area contributed by atoms with E-state index in [2.05, 4.69) is 47.2 Å². The van der Waals surface area contributed by atoms with Gasteiger partial charge in [-0.05, 0) is 68.7 Å². The van der Waals surface area contributed by atoms with E-state index in [9.17, 15) is 4.79 Å². The Morgan fingerprint density at radius 1 is 0.960 bits per heavy atom. The lowest BCUT2D eigenvalue weighted by Gasteiger charge is -2.34. The molecule has 2 aliphatic rings. The smallest absolute Gasteiger partial charge is 0.158 e. The number of ketones is 1. The van der Waals surface area contributed by atoms with E-state index in [1.54, 1.807) is 0 Å². The maximum absolute atomic E-state index is 13.4. The molecule has 0 bridgehead atoms. The molecule has 138 valence electrons. The summed E-state index contributed by atoms with van der Waals surface area (Å²) in [4.78, 5) is 13.4. The van der Waals surface area contributed by atoms with Gasteiger partial charge in [-0.3, -0.25) is 4.79 Å². The predicted octanol–water partition coefficient (Wildman–Crippen LogP) is 6.58. The maximum Gasteiger partial charge on any atom is 0.158 e. The molecule has 1 atom stereocenters. The zero-order valence-electron chi connectivity index (χ0n) is 15.7. The molecule has 1 N–H and O–H groups in total. The highest BCUT2D eigenvalue weighted by Crippen LogP contribution is 2.34. The molecule has 25 heavy (non-hydrogen) atoms. The van der Waals surface area contributed by atoms with Gasteiger partial charge in [-0.25, -0.2) is 0 Å². The van der Waals surface area contributed by atoms with Gasteiger partial charge in [0.25, 0.3) is 0 Å². The van der Waals surface area contributed by atoms with Crippen molar-refractivity contribution in [2.24, 2.45) is 11.8 Å². The fourth-order valence-electron chi connectivity index (χ4n) is 4.74. The number of carbonyl (C=O) groups excluding carboxylic acids is 1. The Labute approximate surface area is 161 Å². The van der Waals surface area contributed by atoms with Crippen molar-refractivity contribution < 1.29 is 4.79 Å². The van der Waals surface area contributed by atoms with Gasteiger partial charge in [0.1, 0.15) is 0 Å². The molecule has 0 saturated heterocycles. The van der Waals surface area contributed by atoms with E-state index in [0.29, 0.717) is 11.7 Å². The van der Waals surface area contributed by atoms with E-state index in [1.165, 1.54) is 67.0 Å². The Balaban J connectivity index is 1.81. The average Bonchev–Trinajstić information content (AvgIpc) is 2.65. The van der Waals surface area contributed by atoms with Gasteiger partial charge in [0.2, 0.25) is 0 Å². The first-order valence-electron chi connectivity index (χ1n) is 10.1. The van der Waals surface area contributed by atoms with Crippen molar-refractivity contribution in [3.05, 3.63) is 27.7 Å². The van der Waals surface area contributed by atoms with Crippen molar-refractivity contribution in [2.75, 3.05) is 5.32 Å². The fraction of sp³-hybridized carbons (Fsp3) is 0.682. The second kappa shape index (κ2) is 8.70. The molecule has 1 aromatic carbocycles. The number of hydrogen-bond donors (Lipinski definition) is 1. The molecule has 0 heterocycles. The van der Waals surface area contributed by atoms with Crippen molar-refractivity contribution in [1.82, 2.24) is 0 Å².